The van der Waals surface area contributed by atoms with E-state index in [0.717, 1.165) is 3.57 Å². The van der Waals surface area contributed by atoms with Gasteiger partial charge in [0.25, 0.3) is 0 Å². The van der Waals surface area contributed by atoms with Gasteiger partial charge in [0.2, 0.25) is 5.91 Å². The van der Waals surface area contributed by atoms with Crippen LogP contribution in [0.4, 0.5) is 10.5 Å². The van der Waals surface area contributed by atoms with Gasteiger partial charge in [0.05, 0.1) is 0 Å². The van der Waals surface area contributed by atoms with E-state index < -0.39 is 18.0 Å². The number of urea groups is 1. The Hall–Kier alpha value is -1.80. The van der Waals surface area contributed by atoms with Crippen LogP contribution in [0.5, 0.6) is 0 Å². The minimum absolute atomic E-state index is 0.522. The Bertz CT molecular complexity index is 691. The van der Waals surface area contributed by atoms with Crippen LogP contribution in [-0.4, -0.2) is 11.9 Å². The Morgan fingerprint density at radius 2 is 1.73 bits per heavy atom. The summed E-state index contributed by atoms with van der Waals surface area (Å²) in [5, 5.41) is 5.77. The number of hydrogen-bond acceptors (Lipinski definition) is 2. The van der Waals surface area contributed by atoms with E-state index in [9.17, 15) is 9.59 Å². The molecule has 0 aliphatic heterocycles. The van der Waals surface area contributed by atoms with Crippen molar-refractivity contribution >= 4 is 51.8 Å². The first-order valence-electron chi connectivity index (χ1n) is 6.34. The van der Waals surface area contributed by atoms with Gasteiger partial charge < -0.3 is 16.4 Å². The van der Waals surface area contributed by atoms with Crippen LogP contribution < -0.4 is 16.4 Å². The van der Waals surface area contributed by atoms with Gasteiger partial charge in [-0.25, -0.2) is 4.79 Å². The second-order valence-electron chi connectivity index (χ2n) is 4.46. The number of benzene rings is 2. The molecule has 0 aliphatic rings. The molecular formula is C15H13ClIN3O2. The minimum Gasteiger partial charge on any atom is -0.368 e. The van der Waals surface area contributed by atoms with Crippen LogP contribution in [0.2, 0.25) is 5.02 Å². The highest BCUT2D eigenvalue weighted by Crippen LogP contribution is 2.20. The third kappa shape index (κ3) is 4.35. The van der Waals surface area contributed by atoms with E-state index in [1.165, 1.54) is 0 Å². The maximum Gasteiger partial charge on any atom is 0.320 e. The summed E-state index contributed by atoms with van der Waals surface area (Å²) in [5.74, 6) is -0.629. The monoisotopic (exact) mass is 429 g/mol. The van der Waals surface area contributed by atoms with Crippen LogP contribution in [0.3, 0.4) is 0 Å². The highest BCUT2D eigenvalue weighted by Gasteiger charge is 2.22. The largest absolute Gasteiger partial charge is 0.368 e. The third-order valence-electron chi connectivity index (χ3n) is 2.88. The predicted octanol–water partition coefficient (Wildman–Crippen LogP) is 3.29. The van der Waals surface area contributed by atoms with Crippen molar-refractivity contribution in [3.05, 3.63) is 62.7 Å². The van der Waals surface area contributed by atoms with Crippen molar-refractivity contribution < 1.29 is 9.59 Å². The van der Waals surface area contributed by atoms with E-state index in [-0.39, 0.29) is 0 Å². The topological polar surface area (TPSA) is 84.2 Å². The Kier molecular flexibility index (Phi) is 5.62. The van der Waals surface area contributed by atoms with Gasteiger partial charge in [0.1, 0.15) is 6.04 Å². The highest BCUT2D eigenvalue weighted by molar-refractivity contribution is 14.1. The fourth-order valence-electron chi connectivity index (χ4n) is 1.84. The average Bonchev–Trinajstić information content (AvgIpc) is 2.48. The molecule has 0 heterocycles. The molecule has 0 spiro atoms. The lowest BCUT2D eigenvalue weighted by molar-refractivity contribution is -0.119. The van der Waals surface area contributed by atoms with Crippen LogP contribution in [0, 0.1) is 3.57 Å². The summed E-state index contributed by atoms with van der Waals surface area (Å²) in [4.78, 5) is 23.7. The Morgan fingerprint density at radius 1 is 1.09 bits per heavy atom. The first kappa shape index (κ1) is 16.6. The predicted molar refractivity (Wildman–Crippen MR) is 94.7 cm³/mol. The van der Waals surface area contributed by atoms with E-state index in [1.807, 2.05) is 12.1 Å². The van der Waals surface area contributed by atoms with Crippen molar-refractivity contribution in [2.24, 2.45) is 5.73 Å². The van der Waals surface area contributed by atoms with Crippen molar-refractivity contribution in [3.63, 3.8) is 0 Å². The quantitative estimate of drug-likeness (QED) is 0.652. The molecule has 0 radical (unpaired) electrons. The van der Waals surface area contributed by atoms with Crippen molar-refractivity contribution in [2.75, 3.05) is 5.32 Å². The maximum atomic E-state index is 12.0. The third-order valence-corrected chi connectivity index (χ3v) is 4.11. The first-order chi connectivity index (χ1) is 10.5. The second-order valence-corrected chi connectivity index (χ2v) is 6.06. The highest BCUT2D eigenvalue weighted by atomic mass is 127. The zero-order chi connectivity index (χ0) is 16.1. The fourth-order valence-corrected chi connectivity index (χ4v) is 2.67. The summed E-state index contributed by atoms with van der Waals surface area (Å²) >= 11 is 7.87. The lowest BCUT2D eigenvalue weighted by Gasteiger charge is -2.17. The first-order valence-corrected chi connectivity index (χ1v) is 7.80. The van der Waals surface area contributed by atoms with Gasteiger partial charge in [0, 0.05) is 14.3 Å². The van der Waals surface area contributed by atoms with Crippen molar-refractivity contribution in [3.8, 4) is 0 Å². The second kappa shape index (κ2) is 7.46. The van der Waals surface area contributed by atoms with E-state index in [1.54, 1.807) is 36.4 Å². The molecule has 1 atom stereocenters. The standard InChI is InChI=1S/C15H13ClIN3O2/c16-9-5-7-10(8-6-9)19-15(22)20-13(14(18)21)11-3-1-2-4-12(11)17/h1-8,13H,(H2,18,21)(H2,19,20,22). The van der Waals surface area contributed by atoms with Crippen molar-refractivity contribution in [1.82, 2.24) is 5.32 Å². The average molecular weight is 430 g/mol. The Balaban J connectivity index is 2.11. The fraction of sp³-hybridized carbons (Fsp3) is 0.0667. The number of nitrogens with one attached hydrogen (secondary N) is 2. The molecule has 0 bridgehead atoms. The Labute approximate surface area is 146 Å². The molecule has 3 amide bonds. The summed E-state index contributed by atoms with van der Waals surface area (Å²) in [6, 6.07) is 12.4. The zero-order valence-corrected chi connectivity index (χ0v) is 14.3. The van der Waals surface area contributed by atoms with Gasteiger partial charge >= 0.3 is 6.03 Å². The molecule has 0 saturated heterocycles. The van der Waals surface area contributed by atoms with Crippen LogP contribution in [0.25, 0.3) is 0 Å². The molecule has 0 aromatic heterocycles. The van der Waals surface area contributed by atoms with E-state index in [4.69, 9.17) is 17.3 Å². The van der Waals surface area contributed by atoms with Gasteiger partial charge in [0.15, 0.2) is 0 Å². The molecule has 0 aliphatic carbocycles. The molecule has 114 valence electrons. The molecule has 1 unspecified atom stereocenters. The van der Waals surface area contributed by atoms with Gasteiger partial charge in [-0.1, -0.05) is 29.8 Å². The summed E-state index contributed by atoms with van der Waals surface area (Å²) in [6.07, 6.45) is 0. The summed E-state index contributed by atoms with van der Waals surface area (Å²) < 4.78 is 0.843. The van der Waals surface area contributed by atoms with Gasteiger partial charge in [-0.05, 0) is 58.5 Å². The molecule has 2 aromatic rings. The van der Waals surface area contributed by atoms with Crippen LogP contribution >= 0.6 is 34.2 Å². The number of primary amides is 1. The summed E-state index contributed by atoms with van der Waals surface area (Å²) in [6.45, 7) is 0. The van der Waals surface area contributed by atoms with Gasteiger partial charge in [-0.15, -0.1) is 0 Å². The van der Waals surface area contributed by atoms with E-state index in [0.29, 0.717) is 16.3 Å². The molecule has 0 saturated carbocycles. The van der Waals surface area contributed by atoms with Crippen LogP contribution in [0.15, 0.2) is 48.5 Å². The SMILES string of the molecule is NC(=O)C(NC(=O)Nc1ccc(Cl)cc1)c1ccccc1I. The molecule has 22 heavy (non-hydrogen) atoms. The minimum atomic E-state index is -0.902. The van der Waals surface area contributed by atoms with E-state index in [2.05, 4.69) is 33.2 Å². The molecular weight excluding hydrogens is 417 g/mol. The molecule has 0 fully saturated rings. The van der Waals surface area contributed by atoms with Crippen LogP contribution in [0.1, 0.15) is 11.6 Å². The maximum absolute atomic E-state index is 12.0. The van der Waals surface area contributed by atoms with Crippen molar-refractivity contribution in [1.29, 1.82) is 0 Å². The van der Waals surface area contributed by atoms with Gasteiger partial charge in [-0.3, -0.25) is 4.79 Å². The van der Waals surface area contributed by atoms with Gasteiger partial charge in [-0.2, -0.15) is 0 Å². The lowest BCUT2D eigenvalue weighted by Crippen LogP contribution is -2.40. The molecule has 2 aromatic carbocycles. The summed E-state index contributed by atoms with van der Waals surface area (Å²) in [5.41, 5.74) is 6.61. The Morgan fingerprint density at radius 3 is 2.32 bits per heavy atom. The number of rotatable bonds is 4. The number of carbonyl (C=O) groups is 2. The van der Waals surface area contributed by atoms with Crippen LogP contribution in [-0.2, 0) is 4.79 Å². The smallest absolute Gasteiger partial charge is 0.320 e. The number of halogens is 2. The molecule has 7 heteroatoms. The molecule has 4 N–H and O–H groups in total. The molecule has 2 rings (SSSR count). The normalized spacial score (nSPS) is 11.5. The number of anilines is 1. The zero-order valence-electron chi connectivity index (χ0n) is 11.3. The lowest BCUT2D eigenvalue weighted by atomic mass is 10.1. The van der Waals surface area contributed by atoms with E-state index >= 15 is 0 Å². The number of nitrogens with two attached hydrogens (primary N) is 1. The summed E-state index contributed by atoms with van der Waals surface area (Å²) in [7, 11) is 0. The number of amides is 3. The van der Waals surface area contributed by atoms with Crippen molar-refractivity contribution in [2.45, 2.75) is 6.04 Å². The molecule has 5 nitrogen and oxygen atoms in total. The number of hydrogen-bond donors (Lipinski definition) is 3. The number of carbonyl (C=O) groups excluding carboxylic acids is 2.